The molecule has 0 spiro atoms. The molecule has 196 valence electrons. The fourth-order valence-corrected chi connectivity index (χ4v) is 4.27. The molecule has 0 bridgehead atoms. The third kappa shape index (κ3) is 4.98. The minimum Gasteiger partial charge on any atom is -0.465 e. The summed E-state index contributed by atoms with van der Waals surface area (Å²) in [6, 6.07) is 10.1. The first-order valence-corrected chi connectivity index (χ1v) is 12.0. The quantitative estimate of drug-likeness (QED) is 0.117. The predicted octanol–water partition coefficient (Wildman–Crippen LogP) is 5.27. The van der Waals surface area contributed by atoms with Gasteiger partial charge in [0.05, 0.1) is 23.6 Å². The first-order chi connectivity index (χ1) is 18.5. The number of halogens is 1. The van der Waals surface area contributed by atoms with Gasteiger partial charge in [-0.05, 0) is 37.1 Å². The maximum absolute atomic E-state index is 12.6. The second kappa shape index (κ2) is 10.8. The van der Waals surface area contributed by atoms with E-state index in [9.17, 15) is 14.9 Å². The van der Waals surface area contributed by atoms with Crippen molar-refractivity contribution in [1.82, 2.24) is 10.1 Å². The number of methoxy groups -OCH3 is 1. The maximum atomic E-state index is 12.6. The highest BCUT2D eigenvalue weighted by Gasteiger charge is 2.32. The number of hydrogen-bond acceptors (Lipinski definition) is 11. The van der Waals surface area contributed by atoms with Gasteiger partial charge >= 0.3 is 5.97 Å². The molecule has 1 aliphatic heterocycles. The van der Waals surface area contributed by atoms with Gasteiger partial charge in [0, 0.05) is 41.4 Å². The minimum atomic E-state index is -0.748. The fourth-order valence-electron chi connectivity index (χ4n) is 4.11. The zero-order valence-electron chi connectivity index (χ0n) is 20.2. The van der Waals surface area contributed by atoms with Crippen LogP contribution in [0.15, 0.2) is 47.1 Å². The number of hydrogen-bond donors (Lipinski definition) is 2. The van der Waals surface area contributed by atoms with Gasteiger partial charge in [0.2, 0.25) is 6.79 Å². The van der Waals surface area contributed by atoms with Crippen LogP contribution < -0.4 is 20.1 Å². The molecule has 13 heteroatoms. The Labute approximate surface area is 221 Å². The van der Waals surface area contributed by atoms with Crippen LogP contribution in [0.5, 0.6) is 11.5 Å². The van der Waals surface area contributed by atoms with E-state index in [2.05, 4.69) is 20.8 Å². The molecule has 0 radical (unpaired) electrons. The predicted molar refractivity (Wildman–Crippen MR) is 139 cm³/mol. The van der Waals surface area contributed by atoms with Crippen LogP contribution in [-0.2, 0) is 4.74 Å². The number of carbonyl (C=O) groups excluding carboxylic acids is 1. The number of rotatable bonds is 10. The molecule has 0 amide bonds. The van der Waals surface area contributed by atoms with Crippen molar-refractivity contribution in [2.24, 2.45) is 0 Å². The molecule has 0 unspecified atom stereocenters. The Balaban J connectivity index is 1.26. The number of nitrogens with zero attached hydrogens (tertiary/aromatic N) is 3. The topological polar surface area (TPSA) is 151 Å². The van der Waals surface area contributed by atoms with E-state index in [1.807, 2.05) is 24.3 Å². The molecule has 3 heterocycles. The highest BCUT2D eigenvalue weighted by Crippen LogP contribution is 2.44. The number of carbonyl (C=O) groups is 1. The van der Waals surface area contributed by atoms with Crippen molar-refractivity contribution >= 4 is 45.7 Å². The summed E-state index contributed by atoms with van der Waals surface area (Å²) in [7, 11) is 1.21. The van der Waals surface area contributed by atoms with E-state index in [1.165, 1.54) is 19.2 Å². The second-order valence-electron chi connectivity index (χ2n) is 8.29. The highest BCUT2D eigenvalue weighted by atomic mass is 35.5. The highest BCUT2D eigenvalue weighted by molar-refractivity contribution is 6.31. The number of nitrogens with one attached hydrogen (secondary N) is 2. The first-order valence-electron chi connectivity index (χ1n) is 11.6. The van der Waals surface area contributed by atoms with Gasteiger partial charge < -0.3 is 29.4 Å². The largest absolute Gasteiger partial charge is 0.465 e. The van der Waals surface area contributed by atoms with Gasteiger partial charge in [-0.2, -0.15) is 0 Å². The van der Waals surface area contributed by atoms with Gasteiger partial charge in [0.25, 0.3) is 5.69 Å². The van der Waals surface area contributed by atoms with Gasteiger partial charge in [0.1, 0.15) is 5.56 Å². The van der Waals surface area contributed by atoms with E-state index < -0.39 is 10.9 Å². The lowest BCUT2D eigenvalue weighted by Gasteiger charge is -2.10. The number of pyridine rings is 1. The molecule has 0 saturated heterocycles. The van der Waals surface area contributed by atoms with Crippen molar-refractivity contribution in [1.29, 1.82) is 0 Å². The Bertz CT molecular complexity index is 1520. The van der Waals surface area contributed by atoms with Crippen molar-refractivity contribution in [2.45, 2.75) is 12.8 Å². The third-order valence-electron chi connectivity index (χ3n) is 5.93. The normalized spacial score (nSPS) is 11.9. The maximum Gasteiger partial charge on any atom is 0.345 e. The van der Waals surface area contributed by atoms with Crippen LogP contribution in [0.3, 0.4) is 0 Å². The number of anilines is 2. The van der Waals surface area contributed by atoms with Gasteiger partial charge in [-0.3, -0.25) is 15.1 Å². The van der Waals surface area contributed by atoms with E-state index >= 15 is 0 Å². The Morgan fingerprint density at radius 3 is 2.66 bits per heavy atom. The van der Waals surface area contributed by atoms with E-state index in [-0.39, 0.29) is 40.9 Å². The lowest BCUT2D eigenvalue weighted by atomic mass is 10.1. The summed E-state index contributed by atoms with van der Waals surface area (Å²) in [4.78, 5) is 28.1. The van der Waals surface area contributed by atoms with E-state index in [1.54, 1.807) is 6.20 Å². The SMILES string of the molecule is COC(=O)c1c(NCCCCNc2ccnc3cc(Cl)ccc23)noc1-c1cc2c(cc1[N+](=O)[O-])OCO2. The number of esters is 1. The minimum absolute atomic E-state index is 0.0234. The number of unbranched alkanes of at least 4 members (excludes halogenated alkanes) is 1. The molecule has 2 aromatic carbocycles. The third-order valence-corrected chi connectivity index (χ3v) is 6.17. The van der Waals surface area contributed by atoms with Crippen molar-refractivity contribution in [3.05, 3.63) is 63.3 Å². The number of aromatic nitrogens is 2. The Kier molecular flexibility index (Phi) is 7.13. The van der Waals surface area contributed by atoms with Crippen molar-refractivity contribution in [3.8, 4) is 22.8 Å². The average molecular weight is 540 g/mol. The van der Waals surface area contributed by atoms with Crippen LogP contribution in [-0.4, -0.2) is 48.0 Å². The summed E-state index contributed by atoms with van der Waals surface area (Å²) in [5, 5.41) is 23.7. The van der Waals surface area contributed by atoms with Gasteiger partial charge in [-0.1, -0.05) is 16.8 Å². The van der Waals surface area contributed by atoms with Crippen LogP contribution in [0.4, 0.5) is 17.2 Å². The molecule has 0 fully saturated rings. The molecule has 38 heavy (non-hydrogen) atoms. The summed E-state index contributed by atoms with van der Waals surface area (Å²) in [6.45, 7) is 1.10. The van der Waals surface area contributed by atoms with E-state index in [4.69, 9.17) is 30.3 Å². The fraction of sp³-hybridized carbons (Fsp3) is 0.240. The summed E-state index contributed by atoms with van der Waals surface area (Å²) in [5.74, 6) is -0.193. The molecular formula is C25H22ClN5O7. The molecule has 2 N–H and O–H groups in total. The standard InChI is InChI=1S/C25H22ClN5O7/c1-35-25(32)22-23(16-11-20-21(37-13-36-20)12-19(16)31(33)34)38-30-24(22)29-8-3-2-7-27-17-6-9-28-18-10-14(26)4-5-15(17)18/h4-6,9-12H,2-3,7-8,13H2,1H3,(H,27,28)(H,29,30). The lowest BCUT2D eigenvalue weighted by Crippen LogP contribution is -2.11. The van der Waals surface area contributed by atoms with Crippen molar-refractivity contribution in [2.75, 3.05) is 37.6 Å². The average Bonchev–Trinajstić information content (AvgIpc) is 3.55. The van der Waals surface area contributed by atoms with Gasteiger partial charge in [-0.15, -0.1) is 0 Å². The molecule has 2 aromatic heterocycles. The van der Waals surface area contributed by atoms with Crippen LogP contribution >= 0.6 is 11.6 Å². The summed E-state index contributed by atoms with van der Waals surface area (Å²) < 4.78 is 20.9. The summed E-state index contributed by atoms with van der Waals surface area (Å²) in [5.41, 5.74) is 1.42. The molecular weight excluding hydrogens is 518 g/mol. The number of ether oxygens (including phenoxy) is 3. The molecule has 12 nitrogen and oxygen atoms in total. The smallest absolute Gasteiger partial charge is 0.345 e. The number of fused-ring (bicyclic) bond motifs is 2. The molecule has 0 saturated carbocycles. The zero-order valence-corrected chi connectivity index (χ0v) is 20.9. The zero-order chi connectivity index (χ0) is 26.6. The summed E-state index contributed by atoms with van der Waals surface area (Å²) >= 11 is 6.05. The lowest BCUT2D eigenvalue weighted by molar-refractivity contribution is -0.384. The van der Waals surface area contributed by atoms with Gasteiger partial charge in [-0.25, -0.2) is 4.79 Å². The van der Waals surface area contributed by atoms with E-state index in [0.717, 1.165) is 29.4 Å². The molecule has 4 aromatic rings. The number of nitro groups is 1. The molecule has 1 aliphatic rings. The Hall–Kier alpha value is -4.58. The first kappa shape index (κ1) is 25.1. The monoisotopic (exact) mass is 539 g/mol. The molecule has 0 atom stereocenters. The van der Waals surface area contributed by atoms with Crippen LogP contribution in [0.2, 0.25) is 5.02 Å². The second-order valence-corrected chi connectivity index (χ2v) is 8.72. The van der Waals surface area contributed by atoms with Crippen molar-refractivity contribution in [3.63, 3.8) is 0 Å². The van der Waals surface area contributed by atoms with Crippen LogP contribution in [0.25, 0.3) is 22.2 Å². The summed E-state index contributed by atoms with van der Waals surface area (Å²) in [6.07, 6.45) is 3.26. The van der Waals surface area contributed by atoms with Gasteiger partial charge in [0.15, 0.2) is 28.6 Å². The number of benzene rings is 2. The molecule has 0 aliphatic carbocycles. The van der Waals surface area contributed by atoms with E-state index in [0.29, 0.717) is 23.9 Å². The van der Waals surface area contributed by atoms with Crippen molar-refractivity contribution < 1.29 is 28.5 Å². The Morgan fingerprint density at radius 2 is 1.89 bits per heavy atom. The molecule has 5 rings (SSSR count). The Morgan fingerprint density at radius 1 is 1.13 bits per heavy atom. The van der Waals surface area contributed by atoms with Crippen LogP contribution in [0, 0.1) is 10.1 Å². The van der Waals surface area contributed by atoms with Crippen LogP contribution in [0.1, 0.15) is 23.2 Å². The number of nitro benzene ring substituents is 1.